The van der Waals surface area contributed by atoms with Crippen LogP contribution in [0.3, 0.4) is 0 Å². The first kappa shape index (κ1) is 13.9. The Bertz CT molecular complexity index is 675. The molecule has 0 radical (unpaired) electrons. The topological polar surface area (TPSA) is 45.9 Å². The maximum atomic E-state index is 12.8. The van der Waals surface area contributed by atoms with E-state index in [2.05, 4.69) is 4.98 Å². The highest BCUT2D eigenvalue weighted by Gasteiger charge is 2.34. The number of ether oxygens (including phenoxy) is 1. The number of pyridine rings is 1. The molecule has 20 heavy (non-hydrogen) atoms. The molecule has 0 saturated carbocycles. The van der Waals surface area contributed by atoms with Gasteiger partial charge >= 0.3 is 6.18 Å². The number of benzene rings is 1. The summed E-state index contributed by atoms with van der Waals surface area (Å²) < 4.78 is 43.7. The van der Waals surface area contributed by atoms with Crippen molar-refractivity contribution in [2.75, 3.05) is 0 Å². The number of hydrogen-bond donors (Lipinski definition) is 0. The van der Waals surface area contributed by atoms with Gasteiger partial charge in [-0.15, -0.1) is 0 Å². The maximum Gasteiger partial charge on any atom is 0.419 e. The highest BCUT2D eigenvalue weighted by atomic mass is 19.4. The molecule has 1 aromatic carbocycles. The van der Waals surface area contributed by atoms with Gasteiger partial charge in [-0.3, -0.25) is 0 Å². The average molecular weight is 278 g/mol. The molecule has 0 bridgehead atoms. The third-order valence-electron chi connectivity index (χ3n) is 2.52. The summed E-state index contributed by atoms with van der Waals surface area (Å²) in [5.41, 5.74) is -0.289. The second-order valence-corrected chi connectivity index (χ2v) is 4.01. The van der Waals surface area contributed by atoms with E-state index in [1.807, 2.05) is 6.07 Å². The second kappa shape index (κ2) is 5.21. The van der Waals surface area contributed by atoms with Gasteiger partial charge in [0.05, 0.1) is 5.56 Å². The summed E-state index contributed by atoms with van der Waals surface area (Å²) in [6, 6.07) is 9.66. The van der Waals surface area contributed by atoms with Crippen LogP contribution < -0.4 is 4.74 Å². The molecule has 0 saturated heterocycles. The van der Waals surface area contributed by atoms with Gasteiger partial charge in [0.15, 0.2) is 0 Å². The van der Waals surface area contributed by atoms with Crippen LogP contribution in [0.25, 0.3) is 0 Å². The van der Waals surface area contributed by atoms with Crippen molar-refractivity contribution in [3.63, 3.8) is 0 Å². The summed E-state index contributed by atoms with van der Waals surface area (Å²) in [7, 11) is 0. The normalized spacial score (nSPS) is 10.9. The van der Waals surface area contributed by atoms with Crippen LogP contribution in [0.2, 0.25) is 0 Å². The van der Waals surface area contributed by atoms with Crippen LogP contribution in [0.15, 0.2) is 36.4 Å². The monoisotopic (exact) mass is 278 g/mol. The largest absolute Gasteiger partial charge is 0.437 e. The Morgan fingerprint density at radius 2 is 1.85 bits per heavy atom. The van der Waals surface area contributed by atoms with Crippen molar-refractivity contribution in [1.82, 2.24) is 4.98 Å². The lowest BCUT2D eigenvalue weighted by Gasteiger charge is -2.13. The minimum absolute atomic E-state index is 0.0765. The molecule has 0 atom stereocenters. The number of nitriles is 1. The predicted octanol–water partition coefficient (Wildman–Crippen LogP) is 4.07. The summed E-state index contributed by atoms with van der Waals surface area (Å²) >= 11 is 0. The number of nitrogens with zero attached hydrogens (tertiary/aromatic N) is 2. The standard InChI is InChI=1S/C14H9F3N2O/c1-9-6-7-10(8-18)13(19-9)20-12-5-3-2-4-11(12)14(15,16)17/h2-7H,1H3. The fourth-order valence-electron chi connectivity index (χ4n) is 1.59. The fraction of sp³-hybridized carbons (Fsp3) is 0.143. The van der Waals surface area contributed by atoms with E-state index < -0.39 is 11.7 Å². The van der Waals surface area contributed by atoms with Crippen molar-refractivity contribution in [3.8, 4) is 17.7 Å². The zero-order valence-corrected chi connectivity index (χ0v) is 10.4. The van der Waals surface area contributed by atoms with E-state index >= 15 is 0 Å². The molecule has 2 rings (SSSR count). The highest BCUT2D eigenvalue weighted by Crippen LogP contribution is 2.38. The van der Waals surface area contributed by atoms with Gasteiger partial charge in [0.2, 0.25) is 5.88 Å². The Morgan fingerprint density at radius 3 is 2.50 bits per heavy atom. The number of alkyl halides is 3. The van der Waals surface area contributed by atoms with Crippen molar-refractivity contribution in [2.45, 2.75) is 13.1 Å². The Hall–Kier alpha value is -2.55. The molecule has 1 heterocycles. The van der Waals surface area contributed by atoms with Gasteiger partial charge in [0.25, 0.3) is 0 Å². The second-order valence-electron chi connectivity index (χ2n) is 4.01. The summed E-state index contributed by atoms with van der Waals surface area (Å²) in [5.74, 6) is -0.515. The highest BCUT2D eigenvalue weighted by molar-refractivity contribution is 5.44. The molecule has 1 aromatic heterocycles. The van der Waals surface area contributed by atoms with Crippen molar-refractivity contribution in [2.24, 2.45) is 0 Å². The van der Waals surface area contributed by atoms with Crippen molar-refractivity contribution < 1.29 is 17.9 Å². The maximum absolute atomic E-state index is 12.8. The number of aryl methyl sites for hydroxylation is 1. The van der Waals surface area contributed by atoms with Gasteiger partial charge in [-0.2, -0.15) is 18.4 Å². The van der Waals surface area contributed by atoms with Gasteiger partial charge in [-0.25, -0.2) is 4.98 Å². The summed E-state index contributed by atoms with van der Waals surface area (Å²) in [6.45, 7) is 1.66. The molecule has 0 amide bonds. The smallest absolute Gasteiger partial charge is 0.419 e. The molecule has 0 aliphatic rings. The third-order valence-corrected chi connectivity index (χ3v) is 2.52. The number of halogens is 3. The molecular formula is C14H9F3N2O. The lowest BCUT2D eigenvalue weighted by molar-refractivity contribution is -0.138. The zero-order chi connectivity index (χ0) is 14.8. The lowest BCUT2D eigenvalue weighted by Crippen LogP contribution is -2.07. The lowest BCUT2D eigenvalue weighted by atomic mass is 10.2. The fourth-order valence-corrected chi connectivity index (χ4v) is 1.59. The SMILES string of the molecule is Cc1ccc(C#N)c(Oc2ccccc2C(F)(F)F)n1. The first-order valence-corrected chi connectivity index (χ1v) is 5.63. The molecule has 0 unspecified atom stereocenters. The van der Waals surface area contributed by atoms with Crippen LogP contribution in [0.1, 0.15) is 16.8 Å². The van der Waals surface area contributed by atoms with E-state index in [9.17, 15) is 13.2 Å². The van der Waals surface area contributed by atoms with E-state index in [1.54, 1.807) is 13.0 Å². The molecule has 0 N–H and O–H groups in total. The zero-order valence-electron chi connectivity index (χ0n) is 10.4. The minimum atomic E-state index is -4.53. The molecule has 0 fully saturated rings. The van der Waals surface area contributed by atoms with Crippen LogP contribution in [0, 0.1) is 18.3 Å². The van der Waals surface area contributed by atoms with Gasteiger partial charge in [0.1, 0.15) is 17.4 Å². The van der Waals surface area contributed by atoms with E-state index in [4.69, 9.17) is 10.00 Å². The first-order valence-electron chi connectivity index (χ1n) is 5.63. The quantitative estimate of drug-likeness (QED) is 0.831. The van der Waals surface area contributed by atoms with E-state index in [1.165, 1.54) is 24.3 Å². The summed E-state index contributed by atoms with van der Waals surface area (Å²) in [4.78, 5) is 3.95. The van der Waals surface area contributed by atoms with Crippen LogP contribution in [0.5, 0.6) is 11.6 Å². The molecule has 102 valence electrons. The number of hydrogen-bond acceptors (Lipinski definition) is 3. The Kier molecular flexibility index (Phi) is 3.61. The van der Waals surface area contributed by atoms with Gasteiger partial charge in [0, 0.05) is 5.69 Å². The number of para-hydroxylation sites is 1. The van der Waals surface area contributed by atoms with Crippen LogP contribution in [-0.2, 0) is 6.18 Å². The molecule has 0 aliphatic heterocycles. The molecular weight excluding hydrogens is 269 g/mol. The van der Waals surface area contributed by atoms with Gasteiger partial charge in [-0.1, -0.05) is 12.1 Å². The summed E-state index contributed by atoms with van der Waals surface area (Å²) in [6.07, 6.45) is -4.53. The Balaban J connectivity index is 2.46. The van der Waals surface area contributed by atoms with Crippen molar-refractivity contribution >= 4 is 0 Å². The van der Waals surface area contributed by atoms with Gasteiger partial charge < -0.3 is 4.74 Å². The third kappa shape index (κ3) is 2.88. The molecule has 0 aliphatic carbocycles. The van der Waals surface area contributed by atoms with E-state index in [0.29, 0.717) is 5.69 Å². The molecule has 2 aromatic rings. The number of rotatable bonds is 2. The Morgan fingerprint density at radius 1 is 1.15 bits per heavy atom. The average Bonchev–Trinajstić information content (AvgIpc) is 2.38. The molecule has 3 nitrogen and oxygen atoms in total. The van der Waals surface area contributed by atoms with Crippen LogP contribution in [-0.4, -0.2) is 4.98 Å². The molecule has 0 spiro atoms. The number of aromatic nitrogens is 1. The first-order chi connectivity index (χ1) is 9.41. The summed E-state index contributed by atoms with van der Waals surface area (Å²) in [5, 5.41) is 8.92. The van der Waals surface area contributed by atoms with Crippen molar-refractivity contribution in [3.05, 3.63) is 53.2 Å². The van der Waals surface area contributed by atoms with Gasteiger partial charge in [-0.05, 0) is 31.2 Å². The Labute approximate surface area is 113 Å². The van der Waals surface area contributed by atoms with Crippen molar-refractivity contribution in [1.29, 1.82) is 5.26 Å². The predicted molar refractivity (Wildman–Crippen MR) is 65.2 cm³/mol. The van der Waals surface area contributed by atoms with E-state index in [-0.39, 0.29) is 17.2 Å². The minimum Gasteiger partial charge on any atom is -0.437 e. The molecule has 6 heteroatoms. The van der Waals surface area contributed by atoms with E-state index in [0.717, 1.165) is 6.07 Å². The van der Waals surface area contributed by atoms with Crippen LogP contribution >= 0.6 is 0 Å². The van der Waals surface area contributed by atoms with Crippen LogP contribution in [0.4, 0.5) is 13.2 Å².